The van der Waals surface area contributed by atoms with Crippen LogP contribution in [0, 0.1) is 23.7 Å². The molecule has 0 saturated heterocycles. The van der Waals surface area contributed by atoms with Crippen LogP contribution in [-0.4, -0.2) is 31.2 Å². The summed E-state index contributed by atoms with van der Waals surface area (Å²) in [6.45, 7) is 6.38. The molecular formula is C21H20O4Si. The lowest BCUT2D eigenvalue weighted by molar-refractivity contribution is -0.140. The lowest BCUT2D eigenvalue weighted by atomic mass is 9.59. The number of benzene rings is 1. The van der Waals surface area contributed by atoms with E-state index in [1.165, 1.54) is 0 Å². The van der Waals surface area contributed by atoms with Gasteiger partial charge in [0.2, 0.25) is 0 Å². The Hall–Kier alpha value is -2.40. The van der Waals surface area contributed by atoms with Gasteiger partial charge in [-0.15, -0.1) is 0 Å². The average molecular weight is 364 g/mol. The fourth-order valence-electron chi connectivity index (χ4n) is 4.53. The third-order valence-electron chi connectivity index (χ3n) is 5.76. The fourth-order valence-corrected chi connectivity index (χ4v) is 6.38. The topological polar surface area (TPSA) is 68.3 Å². The van der Waals surface area contributed by atoms with Crippen LogP contribution in [0.5, 0.6) is 0 Å². The van der Waals surface area contributed by atoms with Crippen molar-refractivity contribution >= 4 is 31.2 Å². The van der Waals surface area contributed by atoms with Crippen molar-refractivity contribution in [1.82, 2.24) is 0 Å². The summed E-state index contributed by atoms with van der Waals surface area (Å²) in [4.78, 5) is 52.6. The molecule has 1 fully saturated rings. The molecule has 0 aromatic heterocycles. The SMILES string of the molecule is C[Si](C)(C)C1=CC=CC2C(=O)C3C(=O)c4ccccc4C(=O)C3C(=O)C12. The number of fused-ring (bicyclic) bond motifs is 3. The van der Waals surface area contributed by atoms with Crippen molar-refractivity contribution < 1.29 is 19.2 Å². The molecule has 5 heteroatoms. The highest BCUT2D eigenvalue weighted by Crippen LogP contribution is 2.46. The first-order chi connectivity index (χ1) is 12.2. The number of ketones is 4. The van der Waals surface area contributed by atoms with Crippen LogP contribution in [0.3, 0.4) is 0 Å². The van der Waals surface area contributed by atoms with Crippen LogP contribution in [-0.2, 0) is 9.59 Å². The van der Waals surface area contributed by atoms with Crippen molar-refractivity contribution in [3.05, 3.63) is 58.8 Å². The van der Waals surface area contributed by atoms with Crippen LogP contribution in [0.25, 0.3) is 0 Å². The Morgan fingerprint density at radius 2 is 1.31 bits per heavy atom. The number of rotatable bonds is 1. The predicted molar refractivity (Wildman–Crippen MR) is 99.6 cm³/mol. The summed E-state index contributed by atoms with van der Waals surface area (Å²) in [5.74, 6) is -4.88. The molecule has 4 nitrogen and oxygen atoms in total. The van der Waals surface area contributed by atoms with Crippen molar-refractivity contribution in [1.29, 1.82) is 0 Å². The summed E-state index contributed by atoms with van der Waals surface area (Å²) in [6.07, 6.45) is 5.48. The number of Topliss-reactive ketones (excluding diaryl/α,β-unsaturated/α-hetero) is 4. The van der Waals surface area contributed by atoms with E-state index in [2.05, 4.69) is 19.6 Å². The van der Waals surface area contributed by atoms with Gasteiger partial charge in [-0.05, 0) is 0 Å². The summed E-state index contributed by atoms with van der Waals surface area (Å²) >= 11 is 0. The second-order valence-corrected chi connectivity index (χ2v) is 13.4. The molecule has 4 atom stereocenters. The van der Waals surface area contributed by atoms with Gasteiger partial charge in [0.1, 0.15) is 0 Å². The average Bonchev–Trinajstić information content (AvgIpc) is 2.61. The molecule has 1 saturated carbocycles. The molecule has 0 bridgehead atoms. The third-order valence-corrected chi connectivity index (χ3v) is 7.97. The molecule has 1 aromatic rings. The van der Waals surface area contributed by atoms with Gasteiger partial charge >= 0.3 is 0 Å². The number of carbonyl (C=O) groups excluding carboxylic acids is 4. The van der Waals surface area contributed by atoms with Crippen molar-refractivity contribution in [3.8, 4) is 0 Å². The minimum absolute atomic E-state index is 0.259. The molecule has 1 aromatic carbocycles. The summed E-state index contributed by atoms with van der Waals surface area (Å²) < 4.78 is 0. The molecule has 0 radical (unpaired) electrons. The molecular weight excluding hydrogens is 344 g/mol. The van der Waals surface area contributed by atoms with Gasteiger partial charge in [0.05, 0.1) is 19.9 Å². The minimum atomic E-state index is -1.86. The zero-order valence-electron chi connectivity index (χ0n) is 15.0. The van der Waals surface area contributed by atoms with Crippen LogP contribution in [0.2, 0.25) is 19.6 Å². The molecule has 3 aliphatic carbocycles. The molecule has 3 aliphatic rings. The summed E-state index contributed by atoms with van der Waals surface area (Å²) in [6, 6.07) is 6.50. The number of hydrogen-bond acceptors (Lipinski definition) is 4. The first kappa shape index (κ1) is 17.0. The molecule has 0 heterocycles. The van der Waals surface area contributed by atoms with E-state index in [1.54, 1.807) is 30.3 Å². The van der Waals surface area contributed by atoms with Gasteiger partial charge in [-0.3, -0.25) is 19.2 Å². The van der Waals surface area contributed by atoms with Crippen molar-refractivity contribution in [2.75, 3.05) is 0 Å². The van der Waals surface area contributed by atoms with E-state index in [0.29, 0.717) is 0 Å². The Bertz CT molecular complexity index is 932. The van der Waals surface area contributed by atoms with Gasteiger partial charge in [0.25, 0.3) is 0 Å². The van der Waals surface area contributed by atoms with Gasteiger partial charge in [-0.2, -0.15) is 0 Å². The molecule has 132 valence electrons. The number of carbonyl (C=O) groups is 4. The number of hydrogen-bond donors (Lipinski definition) is 0. The van der Waals surface area contributed by atoms with Crippen LogP contribution in [0.15, 0.2) is 47.7 Å². The third kappa shape index (κ3) is 2.20. The first-order valence-electron chi connectivity index (χ1n) is 8.87. The Morgan fingerprint density at radius 3 is 1.85 bits per heavy atom. The van der Waals surface area contributed by atoms with Crippen LogP contribution >= 0.6 is 0 Å². The zero-order valence-corrected chi connectivity index (χ0v) is 16.0. The molecule has 0 amide bonds. The molecule has 4 rings (SSSR count). The Morgan fingerprint density at radius 1 is 0.769 bits per heavy atom. The monoisotopic (exact) mass is 364 g/mol. The van der Waals surface area contributed by atoms with Gasteiger partial charge < -0.3 is 0 Å². The van der Waals surface area contributed by atoms with E-state index in [4.69, 9.17) is 0 Å². The van der Waals surface area contributed by atoms with E-state index in [0.717, 1.165) is 5.20 Å². The second-order valence-electron chi connectivity index (χ2n) is 8.29. The van der Waals surface area contributed by atoms with Gasteiger partial charge in [0, 0.05) is 23.0 Å². The van der Waals surface area contributed by atoms with E-state index >= 15 is 0 Å². The molecule has 0 aliphatic heterocycles. The minimum Gasteiger partial charge on any atom is -0.298 e. The van der Waals surface area contributed by atoms with Gasteiger partial charge in [-0.25, -0.2) is 0 Å². The Balaban J connectivity index is 1.88. The maximum Gasteiger partial charge on any atom is 0.175 e. The molecule has 0 N–H and O–H groups in total. The first-order valence-corrected chi connectivity index (χ1v) is 12.4. The van der Waals surface area contributed by atoms with Crippen LogP contribution in [0.1, 0.15) is 20.7 Å². The van der Waals surface area contributed by atoms with Crippen LogP contribution < -0.4 is 0 Å². The summed E-state index contributed by atoms with van der Waals surface area (Å²) in [5, 5.41) is 0.987. The maximum absolute atomic E-state index is 13.4. The summed E-state index contributed by atoms with van der Waals surface area (Å²) in [7, 11) is -1.86. The highest BCUT2D eigenvalue weighted by Gasteiger charge is 2.58. The van der Waals surface area contributed by atoms with Crippen molar-refractivity contribution in [3.63, 3.8) is 0 Å². The van der Waals surface area contributed by atoms with Crippen molar-refractivity contribution in [2.45, 2.75) is 19.6 Å². The lowest BCUT2D eigenvalue weighted by Gasteiger charge is -2.43. The molecule has 26 heavy (non-hydrogen) atoms. The Labute approximate surface area is 153 Å². The molecule has 4 unspecified atom stereocenters. The number of allylic oxidation sites excluding steroid dienone is 4. The van der Waals surface area contributed by atoms with E-state index in [1.807, 2.05) is 12.2 Å². The summed E-state index contributed by atoms with van der Waals surface area (Å²) in [5.41, 5.74) is 0.530. The molecule has 0 spiro atoms. The van der Waals surface area contributed by atoms with Crippen LogP contribution in [0.4, 0.5) is 0 Å². The largest absolute Gasteiger partial charge is 0.298 e. The normalized spacial score (nSPS) is 30.5. The fraction of sp³-hybridized carbons (Fsp3) is 0.333. The quantitative estimate of drug-likeness (QED) is 0.567. The van der Waals surface area contributed by atoms with E-state index < -0.39 is 31.7 Å². The highest BCUT2D eigenvalue weighted by atomic mass is 28.3. The second kappa shape index (κ2) is 5.55. The predicted octanol–water partition coefficient (Wildman–Crippen LogP) is 3.06. The van der Waals surface area contributed by atoms with Crippen molar-refractivity contribution in [2.24, 2.45) is 23.7 Å². The highest BCUT2D eigenvalue weighted by molar-refractivity contribution is 6.83. The van der Waals surface area contributed by atoms with E-state index in [9.17, 15) is 19.2 Å². The van der Waals surface area contributed by atoms with E-state index in [-0.39, 0.29) is 34.3 Å². The zero-order chi connectivity index (χ0) is 18.8. The van der Waals surface area contributed by atoms with Gasteiger partial charge in [0.15, 0.2) is 23.1 Å². The standard InChI is InChI=1S/C21H20O4Si/c1-26(2,3)14-10-6-9-13-15(14)21(25)17-16(20(13)24)18(22)11-7-4-5-8-12(11)19(17)23/h4-10,13,15-17H,1-3H3. The van der Waals surface area contributed by atoms with Gasteiger partial charge in [-0.1, -0.05) is 67.3 Å². The maximum atomic E-state index is 13.4. The lowest BCUT2D eigenvalue weighted by Crippen LogP contribution is -2.57. The Kier molecular flexibility index (Phi) is 3.63. The smallest absolute Gasteiger partial charge is 0.175 e.